The van der Waals surface area contributed by atoms with Gasteiger partial charge in [-0.2, -0.15) is 0 Å². The summed E-state index contributed by atoms with van der Waals surface area (Å²) in [6.07, 6.45) is -0.319. The molecule has 100 valence electrons. The van der Waals surface area contributed by atoms with Gasteiger partial charge in [-0.3, -0.25) is 9.59 Å². The minimum atomic E-state index is -1.06. The fourth-order valence-corrected chi connectivity index (χ4v) is 2.14. The van der Waals surface area contributed by atoms with Crippen molar-refractivity contribution < 1.29 is 15.0 Å². The predicted molar refractivity (Wildman–Crippen MR) is 70.5 cm³/mol. The van der Waals surface area contributed by atoms with E-state index < -0.39 is 12.2 Å². The fraction of sp³-hybridized carbons (Fsp3) is 0.500. The van der Waals surface area contributed by atoms with E-state index in [4.69, 9.17) is 0 Å². The highest BCUT2D eigenvalue weighted by Crippen LogP contribution is 2.19. The lowest BCUT2D eigenvalue weighted by atomic mass is 10.0. The molecule has 1 rings (SSSR count). The van der Waals surface area contributed by atoms with E-state index in [1.165, 1.54) is 13.1 Å². The lowest BCUT2D eigenvalue weighted by molar-refractivity contribution is -0.109. The van der Waals surface area contributed by atoms with Crippen molar-refractivity contribution in [3.05, 3.63) is 33.7 Å². The number of hydrogen-bond acceptors (Lipinski definition) is 5. The van der Waals surface area contributed by atoms with E-state index >= 15 is 0 Å². The normalized spacial score (nSPS) is 14.2. The van der Waals surface area contributed by atoms with Crippen molar-refractivity contribution in [2.75, 3.05) is 5.75 Å². The minimum absolute atomic E-state index is 0.0171. The smallest absolute Gasteiger partial charge is 0.250 e. The first-order chi connectivity index (χ1) is 8.41. The molecule has 0 saturated carbocycles. The van der Waals surface area contributed by atoms with Gasteiger partial charge in [0.1, 0.15) is 6.10 Å². The average Bonchev–Trinajstić information content (AvgIpc) is 2.31. The highest BCUT2D eigenvalue weighted by Gasteiger charge is 2.19. The molecule has 1 heterocycles. The maximum Gasteiger partial charge on any atom is 0.250 e. The second kappa shape index (κ2) is 6.72. The zero-order chi connectivity index (χ0) is 13.7. The minimum Gasteiger partial charge on any atom is -0.390 e. The Kier molecular flexibility index (Phi) is 5.58. The van der Waals surface area contributed by atoms with Gasteiger partial charge < -0.3 is 15.2 Å². The Labute approximate surface area is 109 Å². The Morgan fingerprint density at radius 2 is 2.17 bits per heavy atom. The molecule has 0 amide bonds. The first-order valence-corrected chi connectivity index (χ1v) is 6.59. The summed E-state index contributed by atoms with van der Waals surface area (Å²) in [6.45, 7) is 3.09. The molecule has 0 fully saturated rings. The number of thioether (sulfide) groups is 1. The SMILES string of the molecule is CC(=O)SCCC(O)C(O)c1c[nH]c(=O)c(C)c1. The molecule has 0 aliphatic carbocycles. The quantitative estimate of drug-likeness (QED) is 0.735. The summed E-state index contributed by atoms with van der Waals surface area (Å²) in [6, 6.07) is 1.55. The van der Waals surface area contributed by atoms with E-state index in [9.17, 15) is 19.8 Å². The van der Waals surface area contributed by atoms with Crippen LogP contribution in [0.25, 0.3) is 0 Å². The standard InChI is InChI=1S/C12H17NO4S/c1-7-5-9(6-13-12(7)17)11(16)10(15)3-4-18-8(2)14/h5-6,10-11,15-16H,3-4H2,1-2H3,(H,13,17). The Hall–Kier alpha value is -1.11. The van der Waals surface area contributed by atoms with Gasteiger partial charge in [0.15, 0.2) is 5.12 Å². The van der Waals surface area contributed by atoms with Crippen LogP contribution >= 0.6 is 11.8 Å². The molecule has 3 N–H and O–H groups in total. The van der Waals surface area contributed by atoms with Crippen molar-refractivity contribution in [2.24, 2.45) is 0 Å². The molecule has 5 nitrogen and oxygen atoms in total. The van der Waals surface area contributed by atoms with Gasteiger partial charge in [0.05, 0.1) is 6.10 Å². The highest BCUT2D eigenvalue weighted by molar-refractivity contribution is 8.13. The summed E-state index contributed by atoms with van der Waals surface area (Å²) in [4.78, 5) is 24.4. The highest BCUT2D eigenvalue weighted by atomic mass is 32.2. The third kappa shape index (κ3) is 4.29. The zero-order valence-electron chi connectivity index (χ0n) is 10.3. The second-order valence-electron chi connectivity index (χ2n) is 4.09. The molecule has 0 radical (unpaired) electrons. The van der Waals surface area contributed by atoms with Crippen molar-refractivity contribution in [1.29, 1.82) is 0 Å². The van der Waals surface area contributed by atoms with Crippen LogP contribution in [0.4, 0.5) is 0 Å². The Morgan fingerprint density at radius 1 is 1.50 bits per heavy atom. The number of rotatable bonds is 5. The van der Waals surface area contributed by atoms with Crippen molar-refractivity contribution in [3.8, 4) is 0 Å². The van der Waals surface area contributed by atoms with Gasteiger partial charge in [0.2, 0.25) is 0 Å². The summed E-state index contributed by atoms with van der Waals surface area (Å²) in [5.74, 6) is 0.454. The van der Waals surface area contributed by atoms with Gasteiger partial charge in [-0.1, -0.05) is 11.8 Å². The van der Waals surface area contributed by atoms with Crippen LogP contribution in [0.15, 0.2) is 17.1 Å². The molecule has 0 spiro atoms. The summed E-state index contributed by atoms with van der Waals surface area (Å²) < 4.78 is 0. The van der Waals surface area contributed by atoms with Crippen LogP contribution in [0.2, 0.25) is 0 Å². The van der Waals surface area contributed by atoms with Crippen LogP contribution in [0, 0.1) is 6.92 Å². The number of nitrogens with one attached hydrogen (secondary N) is 1. The second-order valence-corrected chi connectivity index (χ2v) is 5.36. The molecule has 2 atom stereocenters. The Morgan fingerprint density at radius 3 is 2.72 bits per heavy atom. The summed E-state index contributed by atoms with van der Waals surface area (Å²) in [5, 5.41) is 19.7. The predicted octanol–water partition coefficient (Wildman–Crippen LogP) is 0.747. The molecule has 0 bridgehead atoms. The lowest BCUT2D eigenvalue weighted by Crippen LogP contribution is -2.21. The van der Waals surface area contributed by atoms with Crippen LogP contribution in [0.5, 0.6) is 0 Å². The van der Waals surface area contributed by atoms with Crippen molar-refractivity contribution in [3.63, 3.8) is 0 Å². The molecule has 2 unspecified atom stereocenters. The monoisotopic (exact) mass is 271 g/mol. The molecular formula is C12H17NO4S. The average molecular weight is 271 g/mol. The van der Waals surface area contributed by atoms with Crippen LogP contribution < -0.4 is 5.56 Å². The van der Waals surface area contributed by atoms with E-state index in [1.54, 1.807) is 13.0 Å². The molecule has 0 saturated heterocycles. The Balaban J connectivity index is 2.62. The van der Waals surface area contributed by atoms with E-state index in [0.717, 1.165) is 11.8 Å². The fourth-order valence-electron chi connectivity index (χ4n) is 1.49. The number of aromatic nitrogens is 1. The molecular weight excluding hydrogens is 254 g/mol. The van der Waals surface area contributed by atoms with E-state index in [2.05, 4.69) is 4.98 Å². The maximum absolute atomic E-state index is 11.2. The van der Waals surface area contributed by atoms with Crippen LogP contribution in [-0.4, -0.2) is 32.2 Å². The lowest BCUT2D eigenvalue weighted by Gasteiger charge is -2.17. The van der Waals surface area contributed by atoms with Gasteiger partial charge in [0.25, 0.3) is 5.56 Å². The van der Waals surface area contributed by atoms with Crippen LogP contribution in [0.3, 0.4) is 0 Å². The molecule has 18 heavy (non-hydrogen) atoms. The maximum atomic E-state index is 11.2. The van der Waals surface area contributed by atoms with Crippen molar-refractivity contribution in [1.82, 2.24) is 4.98 Å². The number of aliphatic hydroxyl groups excluding tert-OH is 2. The number of aryl methyl sites for hydroxylation is 1. The first kappa shape index (κ1) is 14.9. The molecule has 6 heteroatoms. The number of pyridine rings is 1. The summed E-state index contributed by atoms with van der Waals surface area (Å²) in [5.41, 5.74) is 0.733. The number of carbonyl (C=O) groups excluding carboxylic acids is 1. The topological polar surface area (TPSA) is 90.4 Å². The first-order valence-electron chi connectivity index (χ1n) is 5.60. The van der Waals surface area contributed by atoms with E-state index in [1.807, 2.05) is 0 Å². The molecule has 1 aromatic heterocycles. The number of hydrogen-bond donors (Lipinski definition) is 3. The third-order valence-electron chi connectivity index (χ3n) is 2.54. The number of H-pyrrole nitrogens is 1. The van der Waals surface area contributed by atoms with Gasteiger partial charge in [-0.25, -0.2) is 0 Å². The van der Waals surface area contributed by atoms with Crippen LogP contribution in [0.1, 0.15) is 30.6 Å². The molecule has 1 aromatic rings. The Bertz CT molecular complexity index is 471. The molecule has 0 aromatic carbocycles. The van der Waals surface area contributed by atoms with Crippen molar-refractivity contribution in [2.45, 2.75) is 32.5 Å². The number of carbonyl (C=O) groups is 1. The summed E-state index contributed by atoms with van der Waals surface area (Å²) >= 11 is 1.11. The van der Waals surface area contributed by atoms with Gasteiger partial charge >= 0.3 is 0 Å². The molecule has 0 aliphatic heterocycles. The van der Waals surface area contributed by atoms with Gasteiger partial charge in [-0.05, 0) is 25.0 Å². The summed E-state index contributed by atoms with van der Waals surface area (Å²) in [7, 11) is 0. The largest absolute Gasteiger partial charge is 0.390 e. The van der Waals surface area contributed by atoms with Gasteiger partial charge in [-0.15, -0.1) is 0 Å². The third-order valence-corrected chi connectivity index (χ3v) is 3.38. The van der Waals surface area contributed by atoms with Gasteiger partial charge in [0, 0.05) is 24.4 Å². The number of aromatic amines is 1. The van der Waals surface area contributed by atoms with E-state index in [0.29, 0.717) is 23.3 Å². The number of aliphatic hydroxyl groups is 2. The van der Waals surface area contributed by atoms with Crippen molar-refractivity contribution >= 4 is 16.9 Å². The van der Waals surface area contributed by atoms with Crippen LogP contribution in [-0.2, 0) is 4.79 Å². The zero-order valence-corrected chi connectivity index (χ0v) is 11.2. The molecule has 0 aliphatic rings. The van der Waals surface area contributed by atoms with E-state index in [-0.39, 0.29) is 10.7 Å².